The Morgan fingerprint density at radius 2 is 1.94 bits per heavy atom. The second-order valence-corrected chi connectivity index (χ2v) is 8.14. The van der Waals surface area contributed by atoms with Gasteiger partial charge in [-0.15, -0.1) is 0 Å². The van der Waals surface area contributed by atoms with E-state index in [0.29, 0.717) is 18.5 Å². The molecule has 3 N–H and O–H groups in total. The lowest BCUT2D eigenvalue weighted by Crippen LogP contribution is -2.67. The normalized spacial score (nSPS) is 22.6. The Hall–Kier alpha value is -3.26. The summed E-state index contributed by atoms with van der Waals surface area (Å²) in [5.41, 5.74) is 1.65. The molecule has 8 heteroatoms. The molecule has 0 fully saturated rings. The van der Waals surface area contributed by atoms with Gasteiger partial charge in [0.2, 0.25) is 5.91 Å². The fraction of sp³-hybridized carbons (Fsp3) is 0.391. The molecule has 3 amide bonds. The Kier molecular flexibility index (Phi) is 5.73. The van der Waals surface area contributed by atoms with Crippen molar-refractivity contribution in [3.63, 3.8) is 0 Å². The summed E-state index contributed by atoms with van der Waals surface area (Å²) < 4.78 is 2.05. The van der Waals surface area contributed by atoms with Crippen LogP contribution in [0.1, 0.15) is 35.8 Å². The lowest BCUT2D eigenvalue weighted by molar-refractivity contribution is -0.710. The van der Waals surface area contributed by atoms with Gasteiger partial charge in [-0.2, -0.15) is 4.90 Å². The van der Waals surface area contributed by atoms with Crippen LogP contribution in [0.25, 0.3) is 0 Å². The van der Waals surface area contributed by atoms with Gasteiger partial charge in [-0.1, -0.05) is 18.2 Å². The van der Waals surface area contributed by atoms with E-state index in [1.807, 2.05) is 48.0 Å². The van der Waals surface area contributed by atoms with Crippen LogP contribution in [-0.4, -0.2) is 49.4 Å². The summed E-state index contributed by atoms with van der Waals surface area (Å²) in [6.45, 7) is 4.02. The Labute approximate surface area is 181 Å². The molecule has 2 aliphatic heterocycles. The third kappa shape index (κ3) is 3.79. The lowest BCUT2D eigenvalue weighted by atomic mass is 10.0. The molecule has 3 heterocycles. The number of anilines is 1. The number of rotatable bonds is 6. The molecule has 8 nitrogen and oxygen atoms in total. The molecule has 0 bridgehead atoms. The van der Waals surface area contributed by atoms with Crippen LogP contribution >= 0.6 is 0 Å². The van der Waals surface area contributed by atoms with Crippen LogP contribution < -0.4 is 25.4 Å². The molecule has 1 aromatic carbocycles. The van der Waals surface area contributed by atoms with E-state index in [2.05, 4.69) is 16.0 Å². The van der Waals surface area contributed by atoms with Gasteiger partial charge in [-0.3, -0.25) is 9.59 Å². The zero-order valence-electron chi connectivity index (χ0n) is 18.0. The largest absolute Gasteiger partial charge is 0.348 e. The Bertz CT molecular complexity index is 1010. The molecular weight excluding hydrogens is 394 g/mol. The molecule has 2 aromatic rings. The maximum absolute atomic E-state index is 13.5. The van der Waals surface area contributed by atoms with Crippen molar-refractivity contribution < 1.29 is 19.0 Å². The van der Waals surface area contributed by atoms with Crippen molar-refractivity contribution in [2.24, 2.45) is 0 Å². The summed E-state index contributed by atoms with van der Waals surface area (Å²) in [4.78, 5) is 40.3. The van der Waals surface area contributed by atoms with Crippen molar-refractivity contribution >= 4 is 23.5 Å². The minimum absolute atomic E-state index is 0.145. The van der Waals surface area contributed by atoms with E-state index < -0.39 is 12.1 Å². The number of carbonyl (C=O) groups excluding carboxylic acids is 3. The van der Waals surface area contributed by atoms with Crippen LogP contribution in [-0.2, 0) is 16.0 Å². The van der Waals surface area contributed by atoms with Crippen LogP contribution in [0.2, 0.25) is 0 Å². The number of nitrogens with one attached hydrogen (secondary N) is 3. The van der Waals surface area contributed by atoms with Gasteiger partial charge in [-0.05, 0) is 45.2 Å². The minimum Gasteiger partial charge on any atom is -0.348 e. The average Bonchev–Trinajstić information content (AvgIpc) is 3.17. The second-order valence-electron chi connectivity index (χ2n) is 8.14. The van der Waals surface area contributed by atoms with Crippen molar-refractivity contribution in [2.75, 3.05) is 18.5 Å². The van der Waals surface area contributed by atoms with Crippen molar-refractivity contribution in [1.82, 2.24) is 16.0 Å². The molecule has 0 saturated carbocycles. The predicted octanol–water partition coefficient (Wildman–Crippen LogP) is 0.329. The summed E-state index contributed by atoms with van der Waals surface area (Å²) in [6, 6.07) is 11.5. The Balaban J connectivity index is 1.57. The molecular formula is C23H28N5O3+. The Morgan fingerprint density at radius 3 is 2.65 bits per heavy atom. The number of benzene rings is 1. The monoisotopic (exact) mass is 422 g/mol. The molecule has 4 rings (SSSR count). The van der Waals surface area contributed by atoms with Gasteiger partial charge in [0.25, 0.3) is 11.7 Å². The van der Waals surface area contributed by atoms with Crippen LogP contribution in [0.4, 0.5) is 5.82 Å². The van der Waals surface area contributed by atoms with Crippen LogP contribution in [0, 0.1) is 0 Å². The highest BCUT2D eigenvalue weighted by Crippen LogP contribution is 2.34. The minimum atomic E-state index is -0.679. The van der Waals surface area contributed by atoms with Crippen LogP contribution in [0.5, 0.6) is 0 Å². The highest BCUT2D eigenvalue weighted by atomic mass is 16.2. The standard InChI is InChI=1S/C23H27N5O3/c1-14(24-3)20(29)26-19-15(2)27-11-7-10-17-12-18(28(22(17)27)23(19)31)13-25-21(30)16-8-5-4-6-9-16/h4-11,14-15,18-19,24H,12-13H2,1-3H3,(H-,25,26,29,30)/p+1/t14-,15?,18-,19-/m0/s1. The molecule has 0 spiro atoms. The summed E-state index contributed by atoms with van der Waals surface area (Å²) in [5, 5.41) is 8.77. The fourth-order valence-corrected chi connectivity index (χ4v) is 4.31. The maximum atomic E-state index is 13.5. The Morgan fingerprint density at radius 1 is 1.19 bits per heavy atom. The second kappa shape index (κ2) is 8.47. The first-order valence-electron chi connectivity index (χ1n) is 10.6. The van der Waals surface area contributed by atoms with Crippen molar-refractivity contribution in [3.05, 3.63) is 59.8 Å². The number of pyridine rings is 1. The lowest BCUT2D eigenvalue weighted by Gasteiger charge is -2.33. The highest BCUT2D eigenvalue weighted by Gasteiger charge is 2.53. The van der Waals surface area contributed by atoms with Crippen molar-refractivity contribution in [1.29, 1.82) is 0 Å². The molecule has 1 unspecified atom stereocenters. The van der Waals surface area contributed by atoms with E-state index in [1.54, 1.807) is 31.0 Å². The average molecular weight is 423 g/mol. The number of hydrogen-bond acceptors (Lipinski definition) is 4. The third-order valence-corrected chi connectivity index (χ3v) is 6.21. The number of carbonyl (C=O) groups is 3. The number of amides is 3. The topological polar surface area (TPSA) is 94.4 Å². The van der Waals surface area contributed by atoms with E-state index in [4.69, 9.17) is 0 Å². The zero-order valence-corrected chi connectivity index (χ0v) is 18.0. The van der Waals surface area contributed by atoms with E-state index in [0.717, 1.165) is 11.4 Å². The first-order chi connectivity index (χ1) is 14.9. The SMILES string of the molecule is CN[C@@H](C)C(=O)N[C@@H]1C(=O)N2c3c(ccc[n+]3C1C)C[C@H]2CNC(=O)c1ccccc1. The summed E-state index contributed by atoms with van der Waals surface area (Å²) in [7, 11) is 1.71. The molecule has 31 heavy (non-hydrogen) atoms. The predicted molar refractivity (Wildman–Crippen MR) is 116 cm³/mol. The van der Waals surface area contributed by atoms with E-state index >= 15 is 0 Å². The van der Waals surface area contributed by atoms with Gasteiger partial charge in [-0.25, -0.2) is 9.36 Å². The highest BCUT2D eigenvalue weighted by molar-refractivity contribution is 6.01. The zero-order chi connectivity index (χ0) is 22.1. The van der Waals surface area contributed by atoms with Crippen molar-refractivity contribution in [3.8, 4) is 0 Å². The number of likely N-dealkylation sites (N-methyl/N-ethyl adjacent to an activating group) is 1. The van der Waals surface area contributed by atoms with Crippen LogP contribution in [0.3, 0.4) is 0 Å². The number of nitrogens with zero attached hydrogens (tertiary/aromatic N) is 2. The van der Waals surface area contributed by atoms with Crippen molar-refractivity contribution in [2.45, 2.75) is 44.4 Å². The van der Waals surface area contributed by atoms with Crippen LogP contribution in [0.15, 0.2) is 48.7 Å². The molecule has 0 aliphatic carbocycles. The molecule has 0 saturated heterocycles. The van der Waals surface area contributed by atoms with E-state index in [9.17, 15) is 14.4 Å². The van der Waals surface area contributed by atoms with E-state index in [-0.39, 0.29) is 29.8 Å². The molecule has 2 aliphatic rings. The summed E-state index contributed by atoms with van der Waals surface area (Å²) >= 11 is 0. The van der Waals surface area contributed by atoms with Gasteiger partial charge in [0.05, 0.1) is 18.8 Å². The molecule has 4 atom stereocenters. The fourth-order valence-electron chi connectivity index (χ4n) is 4.31. The van der Waals surface area contributed by atoms with Gasteiger partial charge < -0.3 is 16.0 Å². The quantitative estimate of drug-likeness (QED) is 0.585. The first kappa shape index (κ1) is 21.0. The van der Waals surface area contributed by atoms with E-state index in [1.165, 1.54) is 0 Å². The smallest absolute Gasteiger partial charge is 0.336 e. The molecule has 1 aromatic heterocycles. The van der Waals surface area contributed by atoms with Gasteiger partial charge in [0, 0.05) is 17.5 Å². The maximum Gasteiger partial charge on any atom is 0.336 e. The van der Waals surface area contributed by atoms with Gasteiger partial charge >= 0.3 is 5.91 Å². The number of aromatic nitrogens is 1. The molecule has 0 radical (unpaired) electrons. The summed E-state index contributed by atoms with van der Waals surface area (Å²) in [5.74, 6) is 0.315. The number of hydrogen-bond donors (Lipinski definition) is 3. The molecule has 162 valence electrons. The first-order valence-corrected chi connectivity index (χ1v) is 10.6. The van der Waals surface area contributed by atoms with Gasteiger partial charge in [0.1, 0.15) is 12.1 Å². The van der Waals surface area contributed by atoms with Gasteiger partial charge in [0.15, 0.2) is 6.04 Å². The summed E-state index contributed by atoms with van der Waals surface area (Å²) in [6.07, 6.45) is 2.59. The third-order valence-electron chi connectivity index (χ3n) is 6.21.